The van der Waals surface area contributed by atoms with Crippen molar-refractivity contribution >= 4 is 12.0 Å². The zero-order valence-electron chi connectivity index (χ0n) is 17.1. The first-order valence-corrected chi connectivity index (χ1v) is 10.2. The fraction of sp³-hybridized carbons (Fsp3) is 0.895. The zero-order chi connectivity index (χ0) is 23.1. The molecule has 0 aromatic rings. The Morgan fingerprint density at radius 1 is 1.06 bits per heavy atom. The Bertz CT molecular complexity index is 668. The number of alkyl halides is 6. The first kappa shape index (κ1) is 23.9. The molecule has 0 aromatic carbocycles. The van der Waals surface area contributed by atoms with Gasteiger partial charge in [0.1, 0.15) is 0 Å². The van der Waals surface area contributed by atoms with Crippen LogP contribution in [0.15, 0.2) is 0 Å². The third kappa shape index (κ3) is 5.56. The van der Waals surface area contributed by atoms with Crippen molar-refractivity contribution in [1.82, 2.24) is 10.2 Å². The van der Waals surface area contributed by atoms with Gasteiger partial charge in [-0.25, -0.2) is 4.79 Å². The molecular formula is C19H26F6N2O4. The van der Waals surface area contributed by atoms with Crippen LogP contribution in [0, 0.1) is 16.7 Å². The minimum atomic E-state index is -5.74. The van der Waals surface area contributed by atoms with Gasteiger partial charge in [-0.1, -0.05) is 6.92 Å². The number of rotatable bonds is 4. The van der Waals surface area contributed by atoms with Crippen molar-refractivity contribution in [2.24, 2.45) is 16.7 Å². The van der Waals surface area contributed by atoms with Gasteiger partial charge in [0.05, 0.1) is 0 Å². The molecule has 6 nitrogen and oxygen atoms in total. The maximum absolute atomic E-state index is 12.6. The number of halogens is 6. The minimum Gasteiger partial charge on any atom is -0.426 e. The van der Waals surface area contributed by atoms with Crippen LogP contribution in [-0.2, 0) is 14.3 Å². The molecule has 12 heteroatoms. The lowest BCUT2D eigenvalue weighted by Crippen LogP contribution is -2.49. The number of likely N-dealkylation sites (tertiary alicyclic amines) is 1. The van der Waals surface area contributed by atoms with E-state index >= 15 is 0 Å². The van der Waals surface area contributed by atoms with Crippen molar-refractivity contribution < 1.29 is 45.4 Å². The highest BCUT2D eigenvalue weighted by Crippen LogP contribution is 2.59. The predicted octanol–water partition coefficient (Wildman–Crippen LogP) is 3.65. The van der Waals surface area contributed by atoms with Crippen LogP contribution in [-0.4, -0.2) is 68.2 Å². The van der Waals surface area contributed by atoms with Crippen LogP contribution in [0.2, 0.25) is 0 Å². The van der Waals surface area contributed by atoms with E-state index in [2.05, 4.69) is 17.0 Å². The van der Waals surface area contributed by atoms with E-state index in [0.717, 1.165) is 17.7 Å². The van der Waals surface area contributed by atoms with Crippen LogP contribution in [0.1, 0.15) is 39.0 Å². The topological polar surface area (TPSA) is 67.9 Å². The third-order valence-electron chi connectivity index (χ3n) is 6.73. The molecule has 0 unspecified atom stereocenters. The highest BCUT2D eigenvalue weighted by molar-refractivity contribution is 5.82. The van der Waals surface area contributed by atoms with Gasteiger partial charge in [-0.2, -0.15) is 26.3 Å². The van der Waals surface area contributed by atoms with Crippen LogP contribution >= 0.6 is 0 Å². The summed E-state index contributed by atoms with van der Waals surface area (Å²) in [6, 6.07) is 0. The maximum Gasteiger partial charge on any atom is 0.434 e. The van der Waals surface area contributed by atoms with Crippen LogP contribution in [0.4, 0.5) is 31.1 Å². The smallest absolute Gasteiger partial charge is 0.426 e. The van der Waals surface area contributed by atoms with Gasteiger partial charge >= 0.3 is 18.4 Å². The molecule has 3 fully saturated rings. The quantitative estimate of drug-likeness (QED) is 0.651. The monoisotopic (exact) mass is 460 g/mol. The Hall–Kier alpha value is -1.72. The number of carbonyl (C=O) groups is 2. The SMILES string of the molecule is CC1(CNC(=O)[C@@H]2CC23CCN(C(=O)OC(C(F)(F)F)C(F)(F)F)CC3)CCOCC1. The van der Waals surface area contributed by atoms with Crippen molar-refractivity contribution in [3.8, 4) is 0 Å². The van der Waals surface area contributed by atoms with E-state index in [1.807, 2.05) is 0 Å². The van der Waals surface area contributed by atoms with E-state index in [1.54, 1.807) is 0 Å². The van der Waals surface area contributed by atoms with Crippen molar-refractivity contribution in [2.75, 3.05) is 32.8 Å². The summed E-state index contributed by atoms with van der Waals surface area (Å²) < 4.78 is 84.6. The zero-order valence-corrected chi connectivity index (χ0v) is 17.1. The number of nitrogens with one attached hydrogen (secondary N) is 1. The Morgan fingerprint density at radius 2 is 1.61 bits per heavy atom. The van der Waals surface area contributed by atoms with Crippen LogP contribution in [0.3, 0.4) is 0 Å². The summed E-state index contributed by atoms with van der Waals surface area (Å²) in [7, 11) is 0. The Morgan fingerprint density at radius 3 is 2.13 bits per heavy atom. The van der Waals surface area contributed by atoms with E-state index < -0.39 is 24.5 Å². The molecular weight excluding hydrogens is 434 g/mol. The van der Waals surface area contributed by atoms with Gasteiger partial charge in [0.15, 0.2) is 0 Å². The summed E-state index contributed by atoms with van der Waals surface area (Å²) in [5.41, 5.74) is -0.387. The summed E-state index contributed by atoms with van der Waals surface area (Å²) in [5, 5.41) is 2.97. The summed E-state index contributed by atoms with van der Waals surface area (Å²) >= 11 is 0. The molecule has 1 spiro atoms. The lowest BCUT2D eigenvalue weighted by atomic mass is 9.82. The van der Waals surface area contributed by atoms with Crippen molar-refractivity contribution in [2.45, 2.75) is 57.5 Å². The molecule has 0 aromatic heterocycles. The molecule has 2 amide bonds. The first-order chi connectivity index (χ1) is 14.3. The van der Waals surface area contributed by atoms with Crippen LogP contribution in [0.5, 0.6) is 0 Å². The molecule has 2 heterocycles. The number of nitrogens with zero attached hydrogens (tertiary/aromatic N) is 1. The molecule has 1 saturated carbocycles. The van der Waals surface area contributed by atoms with E-state index in [4.69, 9.17) is 4.74 Å². The van der Waals surface area contributed by atoms with Crippen molar-refractivity contribution in [3.63, 3.8) is 0 Å². The van der Waals surface area contributed by atoms with Gasteiger partial charge in [-0.3, -0.25) is 4.79 Å². The number of hydrogen-bond donors (Lipinski definition) is 1. The van der Waals surface area contributed by atoms with Crippen LogP contribution < -0.4 is 5.32 Å². The largest absolute Gasteiger partial charge is 0.434 e. The van der Waals surface area contributed by atoms with E-state index in [-0.39, 0.29) is 35.7 Å². The second-order valence-electron chi connectivity index (χ2n) is 9.09. The molecule has 31 heavy (non-hydrogen) atoms. The molecule has 1 N–H and O–H groups in total. The van der Waals surface area contributed by atoms with Gasteiger partial charge in [0, 0.05) is 38.8 Å². The summed E-state index contributed by atoms with van der Waals surface area (Å²) in [6.07, 6.45) is -14.4. The minimum absolute atomic E-state index is 0.0312. The van der Waals surface area contributed by atoms with E-state index in [9.17, 15) is 35.9 Å². The van der Waals surface area contributed by atoms with Gasteiger partial charge in [0.25, 0.3) is 6.10 Å². The highest BCUT2D eigenvalue weighted by atomic mass is 19.4. The van der Waals surface area contributed by atoms with E-state index in [1.165, 1.54) is 0 Å². The molecule has 178 valence electrons. The number of piperidine rings is 1. The average molecular weight is 460 g/mol. The number of hydrogen-bond acceptors (Lipinski definition) is 4. The number of amides is 2. The fourth-order valence-electron chi connectivity index (χ4n) is 4.36. The summed E-state index contributed by atoms with van der Waals surface area (Å²) in [4.78, 5) is 25.3. The highest BCUT2D eigenvalue weighted by Gasteiger charge is 2.61. The Balaban J connectivity index is 1.47. The van der Waals surface area contributed by atoms with Crippen LogP contribution in [0.25, 0.3) is 0 Å². The lowest BCUT2D eigenvalue weighted by molar-refractivity contribution is -0.308. The van der Waals surface area contributed by atoms with Gasteiger partial charge in [0.2, 0.25) is 5.91 Å². The molecule has 3 aliphatic rings. The maximum atomic E-state index is 12.6. The molecule has 3 rings (SSSR count). The van der Waals surface area contributed by atoms with Gasteiger partial charge in [-0.15, -0.1) is 0 Å². The lowest BCUT2D eigenvalue weighted by Gasteiger charge is -2.34. The average Bonchev–Trinajstić information content (AvgIpc) is 3.37. The predicted molar refractivity (Wildman–Crippen MR) is 94.9 cm³/mol. The molecule has 1 aliphatic carbocycles. The molecule has 0 radical (unpaired) electrons. The standard InChI is InChI=1S/C19H26F6N2O4/c1-16(4-8-30-9-5-16)11-26-13(28)12-10-17(12)2-6-27(7-3-17)15(29)31-14(18(20,21)22)19(23,24)25/h12,14H,2-11H2,1H3,(H,26,28)/t12-/m0/s1. The Labute approximate surface area is 175 Å². The number of ether oxygens (including phenoxy) is 2. The Kier molecular flexibility index (Phi) is 6.43. The summed E-state index contributed by atoms with van der Waals surface area (Å²) in [6.45, 7) is 3.79. The summed E-state index contributed by atoms with van der Waals surface area (Å²) in [5.74, 6) is -0.356. The second-order valence-corrected chi connectivity index (χ2v) is 9.09. The normalized spacial score (nSPS) is 25.4. The van der Waals surface area contributed by atoms with Gasteiger partial charge in [-0.05, 0) is 42.9 Å². The molecule has 2 aliphatic heterocycles. The van der Waals surface area contributed by atoms with Crippen molar-refractivity contribution in [1.29, 1.82) is 0 Å². The third-order valence-corrected chi connectivity index (χ3v) is 6.73. The number of carbonyl (C=O) groups excluding carboxylic acids is 2. The first-order valence-electron chi connectivity index (χ1n) is 10.2. The van der Waals surface area contributed by atoms with E-state index in [0.29, 0.717) is 39.0 Å². The fourth-order valence-corrected chi connectivity index (χ4v) is 4.36. The molecule has 0 bridgehead atoms. The van der Waals surface area contributed by atoms with Gasteiger partial charge < -0.3 is 19.7 Å². The second kappa shape index (κ2) is 8.32. The molecule has 1 atom stereocenters. The molecule has 2 saturated heterocycles. The van der Waals surface area contributed by atoms with Crippen molar-refractivity contribution in [3.05, 3.63) is 0 Å².